The number of hydrogen-bond acceptors (Lipinski definition) is 2. The highest BCUT2D eigenvalue weighted by atomic mass is 35.5. The lowest BCUT2D eigenvalue weighted by molar-refractivity contribution is -0.137. The van der Waals surface area contributed by atoms with Crippen molar-refractivity contribution < 1.29 is 18.0 Å². The molecule has 0 aliphatic carbocycles. The number of nitrogens with zero attached hydrogens (tertiary/aromatic N) is 1. The average molecular weight is 476 g/mol. The zero-order valence-electron chi connectivity index (χ0n) is 14.9. The van der Waals surface area contributed by atoms with E-state index in [2.05, 4.69) is 5.32 Å². The van der Waals surface area contributed by atoms with Gasteiger partial charge in [0.05, 0.1) is 27.2 Å². The Morgan fingerprint density at radius 1 is 1.00 bits per heavy atom. The number of amides is 1. The van der Waals surface area contributed by atoms with Crippen molar-refractivity contribution in [2.75, 3.05) is 5.32 Å². The Kier molecular flexibility index (Phi) is 6.45. The van der Waals surface area contributed by atoms with E-state index in [4.69, 9.17) is 34.8 Å². The Bertz CT molecular complexity index is 1180. The number of benzene rings is 2. The second-order valence-electron chi connectivity index (χ2n) is 6.29. The standard InChI is InChI=1S/C20H12Cl3F3N2O2/c21-13-8-15(18(29)27-14-3-1-2-12(7-14)20(24,25)26)19(30)28(10-13)9-11-4-5-16(22)17(23)6-11/h1-8,10H,9H2,(H,27,29). The molecule has 1 aromatic heterocycles. The SMILES string of the molecule is O=C(Nc1cccc(C(F)(F)F)c1)c1cc(Cl)cn(Cc2ccc(Cl)c(Cl)c2)c1=O. The molecule has 0 fully saturated rings. The summed E-state index contributed by atoms with van der Waals surface area (Å²) in [7, 11) is 0. The molecule has 0 aliphatic heterocycles. The maximum atomic E-state index is 12.9. The minimum atomic E-state index is -4.57. The van der Waals surface area contributed by atoms with Gasteiger partial charge in [-0.1, -0.05) is 46.9 Å². The zero-order valence-corrected chi connectivity index (χ0v) is 17.2. The van der Waals surface area contributed by atoms with Gasteiger partial charge in [0.25, 0.3) is 11.5 Å². The van der Waals surface area contributed by atoms with Crippen LogP contribution in [0.5, 0.6) is 0 Å². The molecule has 4 nitrogen and oxygen atoms in total. The first kappa shape index (κ1) is 22.2. The molecule has 0 radical (unpaired) electrons. The number of pyridine rings is 1. The van der Waals surface area contributed by atoms with E-state index >= 15 is 0 Å². The van der Waals surface area contributed by atoms with E-state index in [0.29, 0.717) is 15.6 Å². The van der Waals surface area contributed by atoms with Gasteiger partial charge < -0.3 is 9.88 Å². The molecule has 0 atom stereocenters. The van der Waals surface area contributed by atoms with Crippen LogP contribution in [0, 0.1) is 0 Å². The van der Waals surface area contributed by atoms with Gasteiger partial charge in [-0.05, 0) is 42.0 Å². The number of carbonyl (C=O) groups is 1. The number of carbonyl (C=O) groups excluding carboxylic acids is 1. The van der Waals surface area contributed by atoms with Crippen molar-refractivity contribution in [3.8, 4) is 0 Å². The summed E-state index contributed by atoms with van der Waals surface area (Å²) in [6, 6.07) is 10.0. The molecule has 30 heavy (non-hydrogen) atoms. The first-order chi connectivity index (χ1) is 14.0. The fraction of sp³-hybridized carbons (Fsp3) is 0.100. The van der Waals surface area contributed by atoms with E-state index in [9.17, 15) is 22.8 Å². The Labute approximate surface area is 183 Å². The van der Waals surface area contributed by atoms with Crippen LogP contribution < -0.4 is 10.9 Å². The fourth-order valence-corrected chi connectivity index (χ4v) is 3.23. The molecular formula is C20H12Cl3F3N2O2. The molecule has 1 heterocycles. The van der Waals surface area contributed by atoms with Crippen LogP contribution in [0.1, 0.15) is 21.5 Å². The molecule has 0 spiro atoms. The molecule has 2 aromatic carbocycles. The Morgan fingerprint density at radius 3 is 2.40 bits per heavy atom. The van der Waals surface area contributed by atoms with E-state index in [0.717, 1.165) is 24.3 Å². The van der Waals surface area contributed by atoms with Crippen molar-refractivity contribution in [1.82, 2.24) is 4.57 Å². The summed E-state index contributed by atoms with van der Waals surface area (Å²) in [5.74, 6) is -0.885. The third-order valence-electron chi connectivity index (χ3n) is 4.08. The van der Waals surface area contributed by atoms with Crippen molar-refractivity contribution in [1.29, 1.82) is 0 Å². The second kappa shape index (κ2) is 8.71. The van der Waals surface area contributed by atoms with E-state index in [-0.39, 0.29) is 22.8 Å². The zero-order chi connectivity index (χ0) is 22.1. The summed E-state index contributed by atoms with van der Waals surface area (Å²) in [6.45, 7) is 0.0557. The molecule has 0 bridgehead atoms. The third kappa shape index (κ3) is 5.16. The van der Waals surface area contributed by atoms with Crippen molar-refractivity contribution in [2.45, 2.75) is 12.7 Å². The lowest BCUT2D eigenvalue weighted by atomic mass is 10.1. The molecule has 1 amide bonds. The van der Waals surface area contributed by atoms with E-state index in [1.807, 2.05) is 0 Å². The van der Waals surface area contributed by atoms with Gasteiger partial charge in [-0.25, -0.2) is 0 Å². The fourth-order valence-electron chi connectivity index (χ4n) is 2.69. The molecule has 10 heteroatoms. The summed E-state index contributed by atoms with van der Waals surface area (Å²) in [5.41, 5.74) is -1.39. The minimum Gasteiger partial charge on any atom is -0.322 e. The van der Waals surface area contributed by atoms with Gasteiger partial charge in [-0.2, -0.15) is 13.2 Å². The number of hydrogen-bond donors (Lipinski definition) is 1. The predicted octanol–water partition coefficient (Wildman–Crippen LogP) is 6.13. The van der Waals surface area contributed by atoms with Gasteiger partial charge in [-0.15, -0.1) is 0 Å². The molecule has 3 aromatic rings. The van der Waals surface area contributed by atoms with Gasteiger partial charge in [-0.3, -0.25) is 9.59 Å². The Balaban J connectivity index is 1.90. The lowest BCUT2D eigenvalue weighted by Crippen LogP contribution is -2.29. The number of rotatable bonds is 4. The van der Waals surface area contributed by atoms with Crippen LogP contribution in [0.2, 0.25) is 15.1 Å². The average Bonchev–Trinajstić information content (AvgIpc) is 2.67. The summed E-state index contributed by atoms with van der Waals surface area (Å²) in [5, 5.41) is 3.04. The molecular weight excluding hydrogens is 464 g/mol. The van der Waals surface area contributed by atoms with Gasteiger partial charge in [0.1, 0.15) is 5.56 Å². The van der Waals surface area contributed by atoms with Gasteiger partial charge >= 0.3 is 6.18 Å². The molecule has 0 saturated heterocycles. The second-order valence-corrected chi connectivity index (χ2v) is 7.54. The number of nitrogens with one attached hydrogen (secondary N) is 1. The van der Waals surface area contributed by atoms with Crippen LogP contribution in [0.15, 0.2) is 59.5 Å². The smallest absolute Gasteiger partial charge is 0.322 e. The van der Waals surface area contributed by atoms with E-state index in [1.54, 1.807) is 18.2 Å². The number of anilines is 1. The van der Waals surface area contributed by atoms with Crippen LogP contribution in [0.3, 0.4) is 0 Å². The summed E-state index contributed by atoms with van der Waals surface area (Å²) in [4.78, 5) is 25.3. The molecule has 0 saturated carbocycles. The van der Waals surface area contributed by atoms with Crippen molar-refractivity contribution in [3.05, 3.63) is 96.8 Å². The highest BCUT2D eigenvalue weighted by Gasteiger charge is 2.30. The van der Waals surface area contributed by atoms with Crippen molar-refractivity contribution >= 4 is 46.4 Å². The summed E-state index contributed by atoms with van der Waals surface area (Å²) >= 11 is 17.9. The Hall–Kier alpha value is -2.48. The molecule has 0 aliphatic rings. The summed E-state index contributed by atoms with van der Waals surface area (Å²) in [6.07, 6.45) is -3.23. The van der Waals surface area contributed by atoms with Crippen LogP contribution in [-0.4, -0.2) is 10.5 Å². The van der Waals surface area contributed by atoms with Crippen LogP contribution in [-0.2, 0) is 12.7 Å². The first-order valence-corrected chi connectivity index (χ1v) is 9.50. The molecule has 0 unspecified atom stereocenters. The van der Waals surface area contributed by atoms with Crippen LogP contribution in [0.25, 0.3) is 0 Å². The predicted molar refractivity (Wildman–Crippen MR) is 111 cm³/mol. The summed E-state index contributed by atoms with van der Waals surface area (Å²) < 4.78 is 39.8. The largest absolute Gasteiger partial charge is 0.416 e. The molecule has 1 N–H and O–H groups in total. The van der Waals surface area contributed by atoms with Crippen LogP contribution in [0.4, 0.5) is 18.9 Å². The maximum Gasteiger partial charge on any atom is 0.416 e. The normalized spacial score (nSPS) is 11.4. The number of alkyl halides is 3. The monoisotopic (exact) mass is 474 g/mol. The lowest BCUT2D eigenvalue weighted by Gasteiger charge is -2.12. The van der Waals surface area contributed by atoms with Gasteiger partial charge in [0.2, 0.25) is 0 Å². The highest BCUT2D eigenvalue weighted by Crippen LogP contribution is 2.30. The van der Waals surface area contributed by atoms with Gasteiger partial charge in [0, 0.05) is 11.9 Å². The number of aromatic nitrogens is 1. The van der Waals surface area contributed by atoms with Gasteiger partial charge in [0.15, 0.2) is 0 Å². The maximum absolute atomic E-state index is 12.9. The van der Waals surface area contributed by atoms with Crippen molar-refractivity contribution in [3.63, 3.8) is 0 Å². The highest BCUT2D eigenvalue weighted by molar-refractivity contribution is 6.42. The van der Waals surface area contributed by atoms with Crippen LogP contribution >= 0.6 is 34.8 Å². The first-order valence-electron chi connectivity index (χ1n) is 8.37. The molecule has 3 rings (SSSR count). The van der Waals surface area contributed by atoms with E-state index < -0.39 is 23.2 Å². The van der Waals surface area contributed by atoms with E-state index in [1.165, 1.54) is 16.8 Å². The van der Waals surface area contributed by atoms with Crippen molar-refractivity contribution in [2.24, 2.45) is 0 Å². The quantitative estimate of drug-likeness (QED) is 0.494. The topological polar surface area (TPSA) is 51.1 Å². The minimum absolute atomic E-state index is 0.0557. The Morgan fingerprint density at radius 2 is 1.73 bits per heavy atom. The third-order valence-corrected chi connectivity index (χ3v) is 5.03. The number of halogens is 6. The molecule has 156 valence electrons.